The van der Waals surface area contributed by atoms with Crippen molar-refractivity contribution >= 4 is 23.5 Å². The fourth-order valence-electron chi connectivity index (χ4n) is 6.19. The summed E-state index contributed by atoms with van der Waals surface area (Å²) >= 11 is 3.04. The second kappa shape index (κ2) is 15.5. The third kappa shape index (κ3) is 8.31. The summed E-state index contributed by atoms with van der Waals surface area (Å²) < 4.78 is 70.4. The Morgan fingerprint density at radius 1 is 0.635 bits per heavy atom. The first-order valence-corrected chi connectivity index (χ1v) is 18.7. The number of nitrogens with zero attached hydrogens (tertiary/aromatic N) is 5. The lowest BCUT2D eigenvalue weighted by atomic mass is 10.0. The molecule has 0 radical (unpaired) electrons. The molecule has 0 saturated heterocycles. The van der Waals surface area contributed by atoms with E-state index >= 15 is 0 Å². The maximum absolute atomic E-state index is 13.6. The number of hydrogen-bond acceptors (Lipinski definition) is 6. The Hall–Kier alpha value is -4.75. The van der Waals surface area contributed by atoms with Gasteiger partial charge in [0.15, 0.2) is 11.0 Å². The smallest absolute Gasteiger partial charge is 0.316 e. The summed E-state index contributed by atoms with van der Waals surface area (Å²) in [4.78, 5) is 17.5. The molecule has 2 heterocycles. The molecule has 0 amide bonds. The fourth-order valence-corrected chi connectivity index (χ4v) is 8.08. The summed E-state index contributed by atoms with van der Waals surface area (Å²) in [5, 5.41) is 9.78. The highest BCUT2D eigenvalue weighted by Gasteiger charge is 2.30. The van der Waals surface area contributed by atoms with Gasteiger partial charge in [0, 0.05) is 22.8 Å². The largest absolute Gasteiger partial charge is 0.416 e. The second-order valence-electron chi connectivity index (χ2n) is 12.5. The molecule has 0 unspecified atom stereocenters. The molecule has 0 aliphatic heterocycles. The Morgan fingerprint density at radius 3 is 1.85 bits per heavy atom. The summed E-state index contributed by atoms with van der Waals surface area (Å²) in [7, 11) is 0. The van der Waals surface area contributed by atoms with E-state index in [4.69, 9.17) is 0 Å². The molecular weight excluding hydrogens is 714 g/mol. The number of rotatable bonds is 12. The van der Waals surface area contributed by atoms with E-state index in [1.54, 1.807) is 36.0 Å². The van der Waals surface area contributed by atoms with Crippen molar-refractivity contribution in [1.29, 1.82) is 0 Å². The van der Waals surface area contributed by atoms with E-state index in [0.717, 1.165) is 58.7 Å². The van der Waals surface area contributed by atoms with Crippen LogP contribution < -0.4 is 5.56 Å². The Balaban J connectivity index is 1.18. The molecule has 0 N–H and O–H groups in total. The van der Waals surface area contributed by atoms with Gasteiger partial charge in [-0.1, -0.05) is 72.4 Å². The number of halogens is 5. The van der Waals surface area contributed by atoms with Crippen molar-refractivity contribution in [3.63, 3.8) is 0 Å². The lowest BCUT2D eigenvalue weighted by Crippen LogP contribution is -2.23. The van der Waals surface area contributed by atoms with E-state index in [1.165, 1.54) is 48.2 Å². The van der Waals surface area contributed by atoms with Gasteiger partial charge in [0.1, 0.15) is 17.5 Å². The van der Waals surface area contributed by atoms with Crippen molar-refractivity contribution in [3.05, 3.63) is 164 Å². The monoisotopic (exact) mass is 745 g/mol. The second-order valence-corrected chi connectivity index (χ2v) is 14.4. The van der Waals surface area contributed by atoms with Crippen LogP contribution in [0.2, 0.25) is 0 Å². The first-order chi connectivity index (χ1) is 25.1. The minimum atomic E-state index is -4.40. The van der Waals surface area contributed by atoms with Gasteiger partial charge in [-0.2, -0.15) is 18.2 Å². The van der Waals surface area contributed by atoms with Crippen molar-refractivity contribution in [2.75, 3.05) is 0 Å². The number of benzene rings is 4. The highest BCUT2D eigenvalue weighted by molar-refractivity contribution is 7.98. The van der Waals surface area contributed by atoms with Crippen LogP contribution in [0.3, 0.4) is 0 Å². The zero-order valence-corrected chi connectivity index (χ0v) is 29.4. The summed E-state index contributed by atoms with van der Waals surface area (Å²) in [6, 6.07) is 25.4. The minimum absolute atomic E-state index is 0.224. The quantitative estimate of drug-likeness (QED) is 0.0708. The number of thioether (sulfide) groups is 2. The molecule has 0 atom stereocenters. The van der Waals surface area contributed by atoms with Crippen LogP contribution >= 0.6 is 23.5 Å². The van der Waals surface area contributed by atoms with Crippen LogP contribution in [0.25, 0.3) is 11.1 Å². The molecule has 0 saturated carbocycles. The first-order valence-electron chi connectivity index (χ1n) is 16.6. The zero-order chi connectivity index (χ0) is 36.2. The molecule has 52 heavy (non-hydrogen) atoms. The number of hydrogen-bond donors (Lipinski definition) is 0. The van der Waals surface area contributed by atoms with E-state index in [9.17, 15) is 26.7 Å². The molecule has 6 aromatic rings. The van der Waals surface area contributed by atoms with Gasteiger partial charge in [-0.05, 0) is 83.5 Å². The summed E-state index contributed by atoms with van der Waals surface area (Å²) in [5.41, 5.74) is 5.01. The molecule has 0 spiro atoms. The molecule has 1 aliphatic rings. The predicted molar refractivity (Wildman–Crippen MR) is 193 cm³/mol. The number of aromatic nitrogens is 5. The van der Waals surface area contributed by atoms with Crippen molar-refractivity contribution in [1.82, 2.24) is 24.3 Å². The molecule has 4 aromatic carbocycles. The van der Waals surface area contributed by atoms with Crippen LogP contribution in [0.15, 0.2) is 107 Å². The minimum Gasteiger partial charge on any atom is -0.316 e. The van der Waals surface area contributed by atoms with Crippen molar-refractivity contribution in [2.45, 2.75) is 60.9 Å². The van der Waals surface area contributed by atoms with E-state index in [0.29, 0.717) is 58.9 Å². The van der Waals surface area contributed by atoms with Crippen LogP contribution in [-0.4, -0.2) is 24.3 Å². The Labute approximate surface area is 305 Å². The van der Waals surface area contributed by atoms with Crippen LogP contribution in [0.5, 0.6) is 0 Å². The molecule has 2 aromatic heterocycles. The third-order valence-corrected chi connectivity index (χ3v) is 11.0. The van der Waals surface area contributed by atoms with Gasteiger partial charge in [-0.15, -0.1) is 22.0 Å². The van der Waals surface area contributed by atoms with Crippen LogP contribution in [-0.2, 0) is 49.4 Å². The van der Waals surface area contributed by atoms with Crippen molar-refractivity contribution in [3.8, 4) is 11.1 Å². The molecule has 1 aliphatic carbocycles. The molecular formula is C39H32F5N5OS2. The molecule has 7 rings (SSSR count). The van der Waals surface area contributed by atoms with E-state index in [1.807, 2.05) is 24.3 Å². The van der Waals surface area contributed by atoms with Crippen LogP contribution in [0.4, 0.5) is 22.0 Å². The summed E-state index contributed by atoms with van der Waals surface area (Å²) in [6.07, 6.45) is -2.16. The maximum Gasteiger partial charge on any atom is 0.416 e. The molecule has 13 heteroatoms. The fraction of sp³-hybridized carbons (Fsp3) is 0.231. The lowest BCUT2D eigenvalue weighted by Gasteiger charge is -2.18. The highest BCUT2D eigenvalue weighted by atomic mass is 32.2. The average Bonchev–Trinajstić information content (AvgIpc) is 3.78. The van der Waals surface area contributed by atoms with Gasteiger partial charge in [0.2, 0.25) is 0 Å². The van der Waals surface area contributed by atoms with Crippen LogP contribution in [0, 0.1) is 11.6 Å². The molecule has 0 bridgehead atoms. The van der Waals surface area contributed by atoms with Gasteiger partial charge in [0.25, 0.3) is 5.56 Å². The summed E-state index contributed by atoms with van der Waals surface area (Å²) in [5.74, 6) is 2.47. The Bertz CT molecular complexity index is 2220. The SMILES string of the molecule is O=c1nc(SCc2ccc(F)cc2)n(Cc2nnc(CSCc3ccc(F)cc3)n2Cc2ccc(-c3ccc(C(F)(F)F)cc3)cc2)c2c1CCC2. The van der Waals surface area contributed by atoms with Gasteiger partial charge >= 0.3 is 6.18 Å². The third-order valence-electron chi connectivity index (χ3n) is 8.94. The Morgan fingerprint density at radius 2 is 1.21 bits per heavy atom. The summed E-state index contributed by atoms with van der Waals surface area (Å²) in [6.45, 7) is 0.747. The normalized spacial score (nSPS) is 12.7. The molecule has 6 nitrogen and oxygen atoms in total. The zero-order valence-electron chi connectivity index (χ0n) is 27.7. The number of alkyl halides is 3. The van der Waals surface area contributed by atoms with E-state index in [2.05, 4.69) is 24.3 Å². The first kappa shape index (κ1) is 35.6. The highest BCUT2D eigenvalue weighted by Crippen LogP contribution is 2.32. The topological polar surface area (TPSA) is 65.6 Å². The predicted octanol–water partition coefficient (Wildman–Crippen LogP) is 9.11. The van der Waals surface area contributed by atoms with Crippen LogP contribution in [0.1, 0.15) is 51.6 Å². The van der Waals surface area contributed by atoms with E-state index in [-0.39, 0.29) is 17.2 Å². The average molecular weight is 746 g/mol. The molecule has 266 valence electrons. The van der Waals surface area contributed by atoms with Crippen molar-refractivity contribution < 1.29 is 22.0 Å². The van der Waals surface area contributed by atoms with E-state index < -0.39 is 11.7 Å². The molecule has 0 fully saturated rings. The lowest BCUT2D eigenvalue weighted by molar-refractivity contribution is -0.137. The van der Waals surface area contributed by atoms with Crippen molar-refractivity contribution in [2.24, 2.45) is 0 Å². The van der Waals surface area contributed by atoms with Gasteiger partial charge in [-0.25, -0.2) is 8.78 Å². The van der Waals surface area contributed by atoms with Gasteiger partial charge < -0.3 is 9.13 Å². The van der Waals surface area contributed by atoms with Gasteiger partial charge in [-0.3, -0.25) is 4.79 Å². The standard InChI is InChI=1S/C39H32F5N5OS2/c40-31-16-6-26(7-17-31)22-51-24-36-47-46-35(49(36)20-25-4-10-28(11-5-25)29-12-14-30(15-13-29)39(42,43)44)21-48-34-3-1-2-33(34)37(50)45-38(48)52-23-27-8-18-32(41)19-9-27/h4-19H,1-3,20-24H2. The Kier molecular flexibility index (Phi) is 10.6. The van der Waals surface area contributed by atoms with Gasteiger partial charge in [0.05, 0.1) is 24.4 Å². The number of fused-ring (bicyclic) bond motifs is 1. The maximum atomic E-state index is 13.6.